The molecule has 2 rings (SSSR count). The van der Waals surface area contributed by atoms with Gasteiger partial charge in [-0.15, -0.1) is 0 Å². The van der Waals surface area contributed by atoms with Crippen LogP contribution in [0.15, 0.2) is 36.4 Å². The van der Waals surface area contributed by atoms with Crippen molar-refractivity contribution in [3.63, 3.8) is 0 Å². The van der Waals surface area contributed by atoms with Crippen molar-refractivity contribution in [1.29, 1.82) is 0 Å². The molecule has 98 valence electrons. The van der Waals surface area contributed by atoms with E-state index in [0.29, 0.717) is 16.1 Å². The average molecular weight is 297 g/mol. The summed E-state index contributed by atoms with van der Waals surface area (Å²) in [5, 5.41) is 0.503. The Morgan fingerprint density at radius 3 is 2.63 bits per heavy atom. The van der Waals surface area contributed by atoms with Gasteiger partial charge < -0.3 is 0 Å². The Morgan fingerprint density at radius 1 is 1.21 bits per heavy atom. The molecule has 0 saturated carbocycles. The molecule has 0 aliphatic carbocycles. The van der Waals surface area contributed by atoms with Crippen molar-refractivity contribution in [2.75, 3.05) is 0 Å². The van der Waals surface area contributed by atoms with E-state index in [1.54, 1.807) is 24.3 Å². The Balaban J connectivity index is 2.28. The third-order valence-corrected chi connectivity index (χ3v) is 3.39. The van der Waals surface area contributed by atoms with Gasteiger partial charge in [0.1, 0.15) is 5.82 Å². The fourth-order valence-electron chi connectivity index (χ4n) is 1.86. The lowest BCUT2D eigenvalue weighted by Gasteiger charge is -2.06. The third kappa shape index (κ3) is 3.34. The topological polar surface area (TPSA) is 17.1 Å². The van der Waals surface area contributed by atoms with Crippen molar-refractivity contribution in [2.45, 2.75) is 13.3 Å². The summed E-state index contributed by atoms with van der Waals surface area (Å²) in [6.07, 6.45) is 0.0520. The molecule has 2 aromatic rings. The molecule has 0 aromatic heterocycles. The van der Waals surface area contributed by atoms with Crippen LogP contribution in [-0.4, -0.2) is 5.78 Å². The molecule has 19 heavy (non-hydrogen) atoms. The van der Waals surface area contributed by atoms with E-state index in [2.05, 4.69) is 0 Å². The van der Waals surface area contributed by atoms with E-state index < -0.39 is 5.82 Å². The number of benzene rings is 2. The minimum absolute atomic E-state index is 0.00500. The molecule has 0 bridgehead atoms. The number of ketones is 1. The molecule has 0 fully saturated rings. The van der Waals surface area contributed by atoms with Gasteiger partial charge >= 0.3 is 0 Å². The highest BCUT2D eigenvalue weighted by molar-refractivity contribution is 6.32. The Bertz CT molecular complexity index is 618. The second kappa shape index (κ2) is 5.72. The van der Waals surface area contributed by atoms with Gasteiger partial charge in [-0.3, -0.25) is 4.79 Å². The van der Waals surface area contributed by atoms with Crippen LogP contribution in [0.4, 0.5) is 4.39 Å². The van der Waals surface area contributed by atoms with Crippen molar-refractivity contribution >= 4 is 29.0 Å². The van der Waals surface area contributed by atoms with Gasteiger partial charge in [0.05, 0.1) is 5.02 Å². The van der Waals surface area contributed by atoms with E-state index in [-0.39, 0.29) is 17.2 Å². The molecule has 0 aliphatic heterocycles. The van der Waals surface area contributed by atoms with E-state index in [9.17, 15) is 9.18 Å². The predicted molar refractivity (Wildman–Crippen MR) is 75.6 cm³/mol. The first kappa shape index (κ1) is 14.0. The quantitative estimate of drug-likeness (QED) is 0.739. The lowest BCUT2D eigenvalue weighted by Crippen LogP contribution is -2.05. The maximum atomic E-state index is 13.3. The van der Waals surface area contributed by atoms with Crippen LogP contribution in [-0.2, 0) is 6.42 Å². The molecule has 0 aliphatic rings. The van der Waals surface area contributed by atoms with Crippen molar-refractivity contribution in [3.8, 4) is 0 Å². The number of aryl methyl sites for hydroxylation is 1. The summed E-state index contributed by atoms with van der Waals surface area (Å²) in [4.78, 5) is 12.1. The molecular weight excluding hydrogens is 286 g/mol. The highest BCUT2D eigenvalue weighted by Gasteiger charge is 2.12. The lowest BCUT2D eigenvalue weighted by atomic mass is 10.0. The zero-order valence-electron chi connectivity index (χ0n) is 10.2. The molecule has 0 heterocycles. The summed E-state index contributed by atoms with van der Waals surface area (Å²) in [7, 11) is 0. The maximum absolute atomic E-state index is 13.3. The van der Waals surface area contributed by atoms with E-state index in [1.807, 2.05) is 6.92 Å². The van der Waals surface area contributed by atoms with Crippen LogP contribution < -0.4 is 0 Å². The van der Waals surface area contributed by atoms with Crippen LogP contribution in [0.25, 0.3) is 0 Å². The molecular formula is C15H11Cl2FO. The molecule has 4 heteroatoms. The number of hydrogen-bond acceptors (Lipinski definition) is 1. The SMILES string of the molecule is Cc1cc(Cl)cc(C(=O)Cc2cccc(F)c2Cl)c1. The summed E-state index contributed by atoms with van der Waals surface area (Å²) in [5.74, 6) is -0.660. The van der Waals surface area contributed by atoms with E-state index in [0.717, 1.165) is 5.56 Å². The van der Waals surface area contributed by atoms with Crippen molar-refractivity contribution < 1.29 is 9.18 Å². The summed E-state index contributed by atoms with van der Waals surface area (Å²) >= 11 is 11.7. The van der Waals surface area contributed by atoms with Gasteiger partial charge in [0.25, 0.3) is 0 Å². The van der Waals surface area contributed by atoms with Crippen LogP contribution in [0.3, 0.4) is 0 Å². The van der Waals surface area contributed by atoms with Crippen LogP contribution in [0, 0.1) is 12.7 Å². The van der Waals surface area contributed by atoms with Gasteiger partial charge in [0, 0.05) is 17.0 Å². The molecule has 0 radical (unpaired) electrons. The minimum Gasteiger partial charge on any atom is -0.294 e. The number of carbonyl (C=O) groups is 1. The Hall–Kier alpha value is -1.38. The second-order valence-electron chi connectivity index (χ2n) is 4.33. The number of carbonyl (C=O) groups excluding carboxylic acids is 1. The molecule has 2 aromatic carbocycles. The van der Waals surface area contributed by atoms with Crippen LogP contribution in [0.1, 0.15) is 21.5 Å². The van der Waals surface area contributed by atoms with E-state index in [4.69, 9.17) is 23.2 Å². The summed E-state index contributed by atoms with van der Waals surface area (Å²) in [6, 6.07) is 9.56. The van der Waals surface area contributed by atoms with E-state index >= 15 is 0 Å². The fraction of sp³-hybridized carbons (Fsp3) is 0.133. The van der Waals surface area contributed by atoms with Gasteiger partial charge in [-0.1, -0.05) is 35.3 Å². The van der Waals surface area contributed by atoms with Crippen molar-refractivity contribution in [2.24, 2.45) is 0 Å². The highest BCUT2D eigenvalue weighted by atomic mass is 35.5. The summed E-state index contributed by atoms with van der Waals surface area (Å²) in [5.41, 5.74) is 1.89. The Labute approximate surface area is 121 Å². The predicted octanol–water partition coefficient (Wildman–Crippen LogP) is 4.87. The van der Waals surface area contributed by atoms with Gasteiger partial charge in [0.15, 0.2) is 5.78 Å². The van der Waals surface area contributed by atoms with Gasteiger partial charge in [-0.05, 0) is 42.3 Å². The molecule has 0 N–H and O–H groups in total. The normalized spacial score (nSPS) is 10.5. The molecule has 0 atom stereocenters. The molecule has 0 unspecified atom stereocenters. The first-order chi connectivity index (χ1) is 8.97. The zero-order chi connectivity index (χ0) is 14.0. The van der Waals surface area contributed by atoms with Gasteiger partial charge in [-0.2, -0.15) is 0 Å². The molecule has 1 nitrogen and oxygen atoms in total. The monoisotopic (exact) mass is 296 g/mol. The number of Topliss-reactive ketones (excluding diaryl/α,β-unsaturated/α-hetero) is 1. The molecule has 0 spiro atoms. The van der Waals surface area contributed by atoms with Gasteiger partial charge in [0.2, 0.25) is 0 Å². The number of rotatable bonds is 3. The first-order valence-electron chi connectivity index (χ1n) is 5.70. The molecule has 0 saturated heterocycles. The third-order valence-electron chi connectivity index (χ3n) is 2.75. The first-order valence-corrected chi connectivity index (χ1v) is 6.46. The minimum atomic E-state index is -0.519. The highest BCUT2D eigenvalue weighted by Crippen LogP contribution is 2.22. The van der Waals surface area contributed by atoms with Crippen molar-refractivity contribution in [3.05, 3.63) is 69.0 Å². The standard InChI is InChI=1S/C15H11Cl2FO/c1-9-5-11(7-12(16)6-9)14(19)8-10-3-2-4-13(18)15(10)17/h2-7H,8H2,1H3. The fourth-order valence-corrected chi connectivity index (χ4v) is 2.34. The van der Waals surface area contributed by atoms with Crippen LogP contribution in [0.5, 0.6) is 0 Å². The number of hydrogen-bond donors (Lipinski definition) is 0. The zero-order valence-corrected chi connectivity index (χ0v) is 11.7. The van der Waals surface area contributed by atoms with Crippen LogP contribution >= 0.6 is 23.2 Å². The largest absolute Gasteiger partial charge is 0.294 e. The summed E-state index contributed by atoms with van der Waals surface area (Å²) in [6.45, 7) is 1.86. The van der Waals surface area contributed by atoms with Crippen LogP contribution in [0.2, 0.25) is 10.0 Å². The lowest BCUT2D eigenvalue weighted by molar-refractivity contribution is 0.0993. The second-order valence-corrected chi connectivity index (χ2v) is 5.14. The van der Waals surface area contributed by atoms with E-state index in [1.165, 1.54) is 12.1 Å². The average Bonchev–Trinajstić information content (AvgIpc) is 2.33. The van der Waals surface area contributed by atoms with Gasteiger partial charge in [-0.25, -0.2) is 4.39 Å². The Morgan fingerprint density at radius 2 is 1.95 bits per heavy atom. The summed E-state index contributed by atoms with van der Waals surface area (Å²) < 4.78 is 13.3. The van der Waals surface area contributed by atoms with Crippen molar-refractivity contribution in [1.82, 2.24) is 0 Å². The maximum Gasteiger partial charge on any atom is 0.167 e. The smallest absolute Gasteiger partial charge is 0.167 e. The molecule has 0 amide bonds. The number of halogens is 3. The Kier molecular flexibility index (Phi) is 4.23.